The Morgan fingerprint density at radius 2 is 1.71 bits per heavy atom. The molecule has 21 nitrogen and oxygen atoms in total. The number of nitrogens with two attached hydrogens (primary N) is 1. The molecule has 4 saturated heterocycles. The average molecular weight is 1120 g/mol. The number of aryl methyl sites for hydroxylation is 1. The first-order chi connectivity index (χ1) is 38.7. The monoisotopic (exact) mass is 1120 g/mol. The van der Waals surface area contributed by atoms with Crippen LogP contribution in [0.15, 0.2) is 70.8 Å². The van der Waals surface area contributed by atoms with E-state index in [1.54, 1.807) is 37.6 Å². The van der Waals surface area contributed by atoms with Gasteiger partial charge in [0, 0.05) is 106 Å². The highest BCUT2D eigenvalue weighted by atomic mass is 32.1. The number of β-amino-alcohol motifs (C(OH)–C–C–N with tert-alkyl or cyclic N) is 1. The van der Waals surface area contributed by atoms with E-state index >= 15 is 4.39 Å². The van der Waals surface area contributed by atoms with E-state index in [9.17, 15) is 19.8 Å². The molecule has 0 radical (unpaired) electrons. The van der Waals surface area contributed by atoms with E-state index in [1.165, 1.54) is 29.4 Å². The van der Waals surface area contributed by atoms with Crippen LogP contribution in [0.2, 0.25) is 0 Å². The Balaban J connectivity index is 0.609. The molecular formula is C57H69FN12O9S. The first kappa shape index (κ1) is 54.7. The van der Waals surface area contributed by atoms with E-state index in [2.05, 4.69) is 62.5 Å². The number of nitrogen functional groups attached to an aromatic ring is 1. The number of amides is 2. The molecule has 0 spiro atoms. The third-order valence-corrected chi connectivity index (χ3v) is 17.2. The number of aliphatic hydroxyl groups is 1. The fraction of sp³-hybridized carbons (Fsp3) is 0.509. The second-order valence-electron chi connectivity index (χ2n) is 22.0. The zero-order valence-corrected chi connectivity index (χ0v) is 46.4. The van der Waals surface area contributed by atoms with Crippen LogP contribution in [0.1, 0.15) is 94.7 Å². The number of aromatic nitrogens is 6. The third-order valence-electron chi connectivity index (χ3n) is 16.3. The molecule has 5 aromatic heterocycles. The van der Waals surface area contributed by atoms with Crippen molar-refractivity contribution in [2.75, 3.05) is 68.5 Å². The maximum Gasteiger partial charge on any atom is 0.254 e. The number of anilines is 3. The fourth-order valence-electron chi connectivity index (χ4n) is 12.1. The second kappa shape index (κ2) is 23.5. The standard InChI is InChI=1S/C57H69FN12O9S/c1-31(2)51(57(74)69-29-37(71)21-46(69)55(73)62-32(3)42-24-43(58)52(63-56(42)75-5)53-33(4)61-30-80-53)48-26-50(66-79-48)76-19-18-67-16-13-38(14-17-67)77-39-22-40(23-39)78-49-20-34(12-15-60-49)70-35-10-11-36(70)28-68(27-35)45-25-44(64-65-54(45)59)41-8-6-7-9-47(41)72/h6-9,12,15,20,24-26,30-32,35-40,46,51,71-72H,10-11,13-14,16-19,21-23,27-29H2,1-5H3,(H2,59,65)(H,62,73)/t32-,35+,36?,37+,39?,40?,46-,51+/m0/s1. The summed E-state index contributed by atoms with van der Waals surface area (Å²) in [5.41, 5.74) is 12.2. The molecular weight excluding hydrogens is 1050 g/mol. The number of phenolic OH excluding ortho intramolecular Hbond substituents is 1. The Kier molecular flexibility index (Phi) is 16.1. The van der Waals surface area contributed by atoms with Crippen LogP contribution in [0.3, 0.4) is 0 Å². The number of piperazine rings is 1. The minimum absolute atomic E-state index is 0.0270. The molecule has 5 N–H and O–H groups in total. The number of para-hydroxylation sites is 1. The number of likely N-dealkylation sites (tertiary alicyclic amines) is 2. The maximum absolute atomic E-state index is 15.5. The van der Waals surface area contributed by atoms with Crippen LogP contribution in [0.5, 0.6) is 23.4 Å². The van der Waals surface area contributed by atoms with Gasteiger partial charge < -0.3 is 59.4 Å². The molecule has 11 rings (SSSR count). The van der Waals surface area contributed by atoms with Gasteiger partial charge in [-0.15, -0.1) is 21.5 Å². The number of carbonyl (C=O) groups excluding carboxylic acids is 2. The topological polar surface area (TPSA) is 253 Å². The summed E-state index contributed by atoms with van der Waals surface area (Å²) in [6, 6.07) is 14.9. The predicted molar refractivity (Wildman–Crippen MR) is 296 cm³/mol. The summed E-state index contributed by atoms with van der Waals surface area (Å²) in [5, 5.41) is 36.8. The Hall–Kier alpha value is -7.21. The van der Waals surface area contributed by atoms with Crippen molar-refractivity contribution >= 4 is 40.3 Å². The van der Waals surface area contributed by atoms with Gasteiger partial charge in [0.25, 0.3) is 5.88 Å². The molecule has 5 fully saturated rings. The summed E-state index contributed by atoms with van der Waals surface area (Å²) in [6.07, 6.45) is 6.84. The van der Waals surface area contributed by atoms with Gasteiger partial charge in [0.05, 0.1) is 58.9 Å². The highest BCUT2D eigenvalue weighted by Crippen LogP contribution is 2.41. The number of piperidine rings is 1. The van der Waals surface area contributed by atoms with Crippen molar-refractivity contribution in [1.82, 2.24) is 45.4 Å². The summed E-state index contributed by atoms with van der Waals surface area (Å²) in [7, 11) is 1.42. The number of aromatic hydroxyl groups is 1. The Morgan fingerprint density at radius 1 is 0.938 bits per heavy atom. The minimum atomic E-state index is -0.993. The molecule has 1 aliphatic carbocycles. The number of hydrogen-bond donors (Lipinski definition) is 4. The molecule has 80 heavy (non-hydrogen) atoms. The molecule has 6 aromatic rings. The summed E-state index contributed by atoms with van der Waals surface area (Å²) in [6.45, 7) is 11.5. The van der Waals surface area contributed by atoms with Gasteiger partial charge in [-0.3, -0.25) is 14.5 Å². The summed E-state index contributed by atoms with van der Waals surface area (Å²) in [5.74, 6) is -0.678. The lowest BCUT2D eigenvalue weighted by molar-refractivity contribution is -0.141. The van der Waals surface area contributed by atoms with Gasteiger partial charge in [0.2, 0.25) is 23.6 Å². The lowest BCUT2D eigenvalue weighted by Crippen LogP contribution is -2.54. The van der Waals surface area contributed by atoms with Crippen molar-refractivity contribution in [1.29, 1.82) is 0 Å². The van der Waals surface area contributed by atoms with E-state index < -0.39 is 35.8 Å². The lowest BCUT2D eigenvalue weighted by atomic mass is 9.91. The number of fused-ring (bicyclic) bond motifs is 2. The van der Waals surface area contributed by atoms with Gasteiger partial charge in [0.15, 0.2) is 17.4 Å². The van der Waals surface area contributed by atoms with Crippen LogP contribution in [-0.2, 0) is 14.3 Å². The van der Waals surface area contributed by atoms with Crippen molar-refractivity contribution in [3.63, 3.8) is 0 Å². The number of hydrogen-bond acceptors (Lipinski definition) is 20. The number of benzene rings is 1. The Labute approximate surface area is 467 Å². The molecule has 2 amide bonds. The summed E-state index contributed by atoms with van der Waals surface area (Å²) >= 11 is 1.27. The number of halogens is 1. The molecule has 2 bridgehead atoms. The molecule has 23 heteroatoms. The van der Waals surface area contributed by atoms with Gasteiger partial charge in [-0.05, 0) is 80.9 Å². The number of ether oxygens (including phenoxy) is 4. The normalized spacial score (nSPS) is 23.0. The van der Waals surface area contributed by atoms with Gasteiger partial charge >= 0.3 is 0 Å². The predicted octanol–water partition coefficient (Wildman–Crippen LogP) is 6.70. The Morgan fingerprint density at radius 3 is 2.44 bits per heavy atom. The van der Waals surface area contributed by atoms with E-state index in [0.29, 0.717) is 58.0 Å². The smallest absolute Gasteiger partial charge is 0.254 e. The number of nitrogens with one attached hydrogen (secondary N) is 1. The number of phenols is 1. The van der Waals surface area contributed by atoms with Crippen LogP contribution in [0.25, 0.3) is 21.8 Å². The quantitative estimate of drug-likeness (QED) is 0.0659. The van der Waals surface area contributed by atoms with Crippen LogP contribution in [-0.4, -0.2) is 158 Å². The third kappa shape index (κ3) is 11.5. The number of methoxy groups -OCH3 is 1. The average Bonchev–Trinajstić information content (AvgIpc) is 4.30. The van der Waals surface area contributed by atoms with Crippen molar-refractivity contribution in [3.8, 4) is 45.2 Å². The van der Waals surface area contributed by atoms with Gasteiger partial charge in [-0.1, -0.05) is 26.0 Å². The number of aliphatic hydroxyl groups excluding tert-OH is 1. The SMILES string of the molecule is COc1nc(-c2scnc2C)c(F)cc1[C@H](C)NC(=O)[C@@H]1C[C@@H](O)CN1C(=O)[C@@H](c1cc(OCCN2CCC(OC3CC(Oc4cc(N5C6CC[C@@H]5CN(c5cc(-c7ccccc7O)nnc5N)C6)ccn4)C3)CC2)no1)C(C)C. The van der Waals surface area contributed by atoms with Crippen molar-refractivity contribution in [2.45, 2.75) is 127 Å². The van der Waals surface area contributed by atoms with Gasteiger partial charge in [-0.25, -0.2) is 19.3 Å². The number of pyridine rings is 2. The highest BCUT2D eigenvalue weighted by molar-refractivity contribution is 7.13. The fourth-order valence-corrected chi connectivity index (χ4v) is 12.9. The van der Waals surface area contributed by atoms with Crippen LogP contribution in [0, 0.1) is 18.7 Å². The number of carbonyl (C=O) groups is 2. The van der Waals surface area contributed by atoms with Crippen LogP contribution < -0.4 is 35.1 Å². The molecule has 4 aliphatic heterocycles. The molecule has 1 unspecified atom stereocenters. The summed E-state index contributed by atoms with van der Waals surface area (Å²) < 4.78 is 45.7. The Bertz CT molecular complexity index is 3160. The van der Waals surface area contributed by atoms with E-state index in [1.807, 2.05) is 38.2 Å². The van der Waals surface area contributed by atoms with Gasteiger partial charge in [-0.2, -0.15) is 0 Å². The first-order valence-corrected chi connectivity index (χ1v) is 28.5. The molecule has 1 saturated carbocycles. The minimum Gasteiger partial charge on any atom is -0.507 e. The number of rotatable bonds is 19. The van der Waals surface area contributed by atoms with Gasteiger partial charge in [0.1, 0.15) is 36.1 Å². The second-order valence-corrected chi connectivity index (χ2v) is 22.9. The number of nitrogens with zero attached hydrogens (tertiary/aromatic N) is 10. The highest BCUT2D eigenvalue weighted by Gasteiger charge is 2.45. The van der Waals surface area contributed by atoms with E-state index in [0.717, 1.165) is 76.1 Å². The molecule has 424 valence electrons. The zero-order valence-electron chi connectivity index (χ0n) is 45.6. The largest absolute Gasteiger partial charge is 0.507 e. The van der Waals surface area contributed by atoms with Crippen LogP contribution >= 0.6 is 11.3 Å². The van der Waals surface area contributed by atoms with Crippen molar-refractivity contribution in [3.05, 3.63) is 89.1 Å². The van der Waals surface area contributed by atoms with Crippen LogP contribution in [0.4, 0.5) is 21.6 Å². The molecule has 9 heterocycles. The molecule has 5 aliphatic rings. The molecule has 1 aromatic carbocycles. The first-order valence-electron chi connectivity index (χ1n) is 27.7. The maximum atomic E-state index is 15.5. The van der Waals surface area contributed by atoms with Crippen molar-refractivity contribution in [2.24, 2.45) is 5.92 Å². The lowest BCUT2D eigenvalue weighted by Gasteiger charge is -2.43. The molecule has 6 atom stereocenters. The van der Waals surface area contributed by atoms with E-state index in [-0.39, 0.29) is 78.4 Å². The van der Waals surface area contributed by atoms with Crippen molar-refractivity contribution < 1.29 is 47.7 Å². The summed E-state index contributed by atoms with van der Waals surface area (Å²) in [4.78, 5) is 50.5. The zero-order chi connectivity index (χ0) is 55.8. The number of thiazole rings is 1. The van der Waals surface area contributed by atoms with E-state index in [4.69, 9.17) is 29.2 Å².